The van der Waals surface area contributed by atoms with E-state index in [1.807, 2.05) is 60.7 Å². The molecule has 1 fully saturated rings. The van der Waals surface area contributed by atoms with Crippen LogP contribution in [-0.4, -0.2) is 47.8 Å². The second-order valence-electron chi connectivity index (χ2n) is 12.0. The van der Waals surface area contributed by atoms with Crippen molar-refractivity contribution in [3.63, 3.8) is 0 Å². The van der Waals surface area contributed by atoms with E-state index in [2.05, 4.69) is 71.0 Å². The number of amides is 2. The maximum Gasteiger partial charge on any atom is 0.325 e. The first kappa shape index (κ1) is 34.8. The number of hydrogen-bond donors (Lipinski definition) is 3. The van der Waals surface area contributed by atoms with Crippen LogP contribution in [0.25, 0.3) is 0 Å². The molecule has 0 radical (unpaired) electrons. The average molecular weight is 652 g/mol. The van der Waals surface area contributed by atoms with Crippen molar-refractivity contribution >= 4 is 12.0 Å². The summed E-state index contributed by atoms with van der Waals surface area (Å²) in [6.45, 7) is 6.49. The summed E-state index contributed by atoms with van der Waals surface area (Å²) in [7, 11) is 0. The van der Waals surface area contributed by atoms with Crippen molar-refractivity contribution in [3.05, 3.63) is 143 Å². The van der Waals surface area contributed by atoms with Crippen LogP contribution in [0.5, 0.6) is 0 Å². The lowest BCUT2D eigenvalue weighted by molar-refractivity contribution is -0.276. The molecule has 5 rings (SSSR count). The highest BCUT2D eigenvalue weighted by Gasteiger charge is 2.39. The van der Waals surface area contributed by atoms with Crippen molar-refractivity contribution in [2.75, 3.05) is 19.7 Å². The zero-order valence-corrected chi connectivity index (χ0v) is 27.6. The number of aliphatic hydroxyl groups excluding tert-OH is 1. The second kappa shape index (κ2) is 17.6. The molecule has 252 valence electrons. The molecule has 0 aromatic heterocycles. The molecule has 1 saturated heterocycles. The minimum atomic E-state index is -0.612. The molecule has 1 aliphatic heterocycles. The van der Waals surface area contributed by atoms with Crippen LogP contribution in [0, 0.1) is 5.92 Å². The van der Waals surface area contributed by atoms with Crippen LogP contribution < -0.4 is 10.6 Å². The Balaban J connectivity index is 1.33. The average Bonchev–Trinajstić information content (AvgIpc) is 3.12. The summed E-state index contributed by atoms with van der Waals surface area (Å²) in [4.78, 5) is 26.1. The highest BCUT2D eigenvalue weighted by Crippen LogP contribution is 2.42. The largest absolute Gasteiger partial charge is 0.465 e. The van der Waals surface area contributed by atoms with Gasteiger partial charge in [0.15, 0.2) is 6.29 Å². The van der Waals surface area contributed by atoms with Gasteiger partial charge in [-0.25, -0.2) is 4.79 Å². The molecule has 4 atom stereocenters. The van der Waals surface area contributed by atoms with Crippen molar-refractivity contribution in [2.24, 2.45) is 5.92 Å². The van der Waals surface area contributed by atoms with E-state index in [0.29, 0.717) is 6.54 Å². The van der Waals surface area contributed by atoms with Crippen LogP contribution in [0.15, 0.2) is 109 Å². The van der Waals surface area contributed by atoms with Gasteiger partial charge in [-0.2, -0.15) is 0 Å². The smallest absolute Gasteiger partial charge is 0.325 e. The van der Waals surface area contributed by atoms with Gasteiger partial charge >= 0.3 is 12.0 Å². The molecule has 4 aromatic rings. The van der Waals surface area contributed by atoms with E-state index in [-0.39, 0.29) is 44.4 Å². The molecule has 0 spiro atoms. The first-order valence-electron chi connectivity index (χ1n) is 16.5. The number of hydrogen-bond acceptors (Lipinski definition) is 7. The Kier molecular flexibility index (Phi) is 12.7. The van der Waals surface area contributed by atoms with Crippen molar-refractivity contribution < 1.29 is 28.9 Å². The zero-order chi connectivity index (χ0) is 33.7. The molecule has 2 amide bonds. The SMILES string of the molecule is CCOC(=O)CNC(=O)NCc1ccc([C@H]2O[C@@H](CN(Cc3ccccc3)Cc3ccccc3)[C@@H](C)[C@@H](c3ccc(CO)cc3)O2)cc1. The van der Waals surface area contributed by atoms with Gasteiger partial charge in [0.25, 0.3) is 0 Å². The third kappa shape index (κ3) is 9.98. The summed E-state index contributed by atoms with van der Waals surface area (Å²) >= 11 is 0. The lowest BCUT2D eigenvalue weighted by Crippen LogP contribution is -2.44. The number of benzene rings is 4. The molecular formula is C39H45N3O6. The highest BCUT2D eigenvalue weighted by atomic mass is 16.7. The number of aliphatic hydroxyl groups is 1. The Morgan fingerprint density at radius 2 is 1.33 bits per heavy atom. The summed E-state index contributed by atoms with van der Waals surface area (Å²) in [5, 5.41) is 14.9. The molecular weight excluding hydrogens is 606 g/mol. The molecule has 4 aromatic carbocycles. The van der Waals surface area contributed by atoms with E-state index >= 15 is 0 Å². The fourth-order valence-electron chi connectivity index (χ4n) is 5.85. The second-order valence-corrected chi connectivity index (χ2v) is 12.0. The van der Waals surface area contributed by atoms with Gasteiger partial charge in [0.2, 0.25) is 0 Å². The predicted octanol–water partition coefficient (Wildman–Crippen LogP) is 6.04. The van der Waals surface area contributed by atoms with Gasteiger partial charge in [0, 0.05) is 37.7 Å². The Bertz CT molecular complexity index is 1530. The lowest BCUT2D eigenvalue weighted by atomic mass is 9.89. The number of esters is 1. The Hall–Kier alpha value is -4.54. The summed E-state index contributed by atoms with van der Waals surface area (Å²) in [6.07, 6.45) is -0.997. The van der Waals surface area contributed by atoms with E-state index in [9.17, 15) is 14.7 Å². The topological polar surface area (TPSA) is 109 Å². The standard InChI is InChI=1S/C39H45N3O6/c1-3-46-36(44)23-41-39(45)40-22-29-14-20-34(21-15-29)38-47-35(28(2)37(48-38)33-18-16-32(27-43)17-19-33)26-42(24-30-10-6-4-7-11-30)25-31-12-8-5-9-13-31/h4-21,28,35,37-38,43H,3,22-27H2,1-2H3,(H2,40,41,45)/t28-,35+,37+,38+/m1/s1. The van der Waals surface area contributed by atoms with Gasteiger partial charge in [0.1, 0.15) is 6.54 Å². The normalized spacial score (nSPS) is 19.1. The van der Waals surface area contributed by atoms with E-state index in [1.54, 1.807) is 6.92 Å². The molecule has 9 heteroatoms. The van der Waals surface area contributed by atoms with E-state index in [4.69, 9.17) is 14.2 Å². The molecule has 0 aliphatic carbocycles. The first-order chi connectivity index (χ1) is 23.4. The summed E-state index contributed by atoms with van der Waals surface area (Å²) < 4.78 is 18.3. The number of nitrogens with one attached hydrogen (secondary N) is 2. The molecule has 0 saturated carbocycles. The van der Waals surface area contributed by atoms with Crippen molar-refractivity contribution in [2.45, 2.75) is 58.6 Å². The molecule has 48 heavy (non-hydrogen) atoms. The van der Waals surface area contributed by atoms with Crippen LogP contribution in [0.3, 0.4) is 0 Å². The maximum atomic E-state index is 12.1. The molecule has 1 aliphatic rings. The van der Waals surface area contributed by atoms with Gasteiger partial charge in [-0.3, -0.25) is 9.69 Å². The summed E-state index contributed by atoms with van der Waals surface area (Å²) in [5.74, 6) is -0.449. The van der Waals surface area contributed by atoms with E-state index in [0.717, 1.165) is 35.3 Å². The van der Waals surface area contributed by atoms with Crippen LogP contribution >= 0.6 is 0 Å². The van der Waals surface area contributed by atoms with Gasteiger partial charge < -0.3 is 30.0 Å². The Labute approximate surface area is 282 Å². The number of rotatable bonds is 14. The van der Waals surface area contributed by atoms with Crippen LogP contribution in [0.1, 0.15) is 59.6 Å². The van der Waals surface area contributed by atoms with Gasteiger partial charge in [-0.05, 0) is 34.7 Å². The van der Waals surface area contributed by atoms with Gasteiger partial charge in [-0.15, -0.1) is 0 Å². The third-order valence-corrected chi connectivity index (χ3v) is 8.46. The van der Waals surface area contributed by atoms with Crippen molar-refractivity contribution in [1.29, 1.82) is 0 Å². The Morgan fingerprint density at radius 3 is 1.92 bits per heavy atom. The molecule has 0 unspecified atom stereocenters. The summed E-state index contributed by atoms with van der Waals surface area (Å²) in [5.41, 5.74) is 6.11. The number of ether oxygens (including phenoxy) is 3. The number of carbonyl (C=O) groups is 2. The fourth-order valence-corrected chi connectivity index (χ4v) is 5.85. The molecule has 1 heterocycles. The molecule has 0 bridgehead atoms. The van der Waals surface area contributed by atoms with Gasteiger partial charge in [-0.1, -0.05) is 116 Å². The van der Waals surface area contributed by atoms with Crippen LogP contribution in [0.4, 0.5) is 4.79 Å². The minimum absolute atomic E-state index is 0.0160. The first-order valence-corrected chi connectivity index (χ1v) is 16.5. The highest BCUT2D eigenvalue weighted by molar-refractivity contribution is 5.80. The van der Waals surface area contributed by atoms with E-state index < -0.39 is 18.3 Å². The number of urea groups is 1. The minimum Gasteiger partial charge on any atom is -0.465 e. The zero-order valence-electron chi connectivity index (χ0n) is 27.6. The monoisotopic (exact) mass is 651 g/mol. The quantitative estimate of drug-likeness (QED) is 0.143. The van der Waals surface area contributed by atoms with E-state index in [1.165, 1.54) is 11.1 Å². The van der Waals surface area contributed by atoms with Gasteiger partial charge in [0.05, 0.1) is 25.4 Å². The fraction of sp³-hybridized carbons (Fsp3) is 0.333. The van der Waals surface area contributed by atoms with Crippen LogP contribution in [0.2, 0.25) is 0 Å². The number of nitrogens with zero attached hydrogens (tertiary/aromatic N) is 1. The van der Waals surface area contributed by atoms with Crippen LogP contribution in [-0.2, 0) is 45.2 Å². The third-order valence-electron chi connectivity index (χ3n) is 8.46. The van der Waals surface area contributed by atoms with Crippen molar-refractivity contribution in [3.8, 4) is 0 Å². The molecule has 3 N–H and O–H groups in total. The maximum absolute atomic E-state index is 12.1. The molecule has 9 nitrogen and oxygen atoms in total. The lowest BCUT2D eigenvalue weighted by Gasteiger charge is -2.43. The van der Waals surface area contributed by atoms with Crippen molar-refractivity contribution in [1.82, 2.24) is 15.5 Å². The number of carbonyl (C=O) groups excluding carboxylic acids is 2. The predicted molar refractivity (Wildman–Crippen MR) is 183 cm³/mol. The summed E-state index contributed by atoms with van der Waals surface area (Å²) in [6, 6.07) is 36.2. The Morgan fingerprint density at radius 1 is 0.750 bits per heavy atom.